The van der Waals surface area contributed by atoms with Gasteiger partial charge >= 0.3 is 0 Å². The van der Waals surface area contributed by atoms with Crippen molar-refractivity contribution in [1.82, 2.24) is 10.3 Å². The minimum Gasteiger partial charge on any atom is -0.392 e. The lowest BCUT2D eigenvalue weighted by molar-refractivity contribution is -0.0689. The number of carbonyl (C=O) groups excluding carboxylic acids is 1. The molecule has 2 unspecified atom stereocenters. The van der Waals surface area contributed by atoms with Gasteiger partial charge in [-0.1, -0.05) is 37.0 Å². The largest absolute Gasteiger partial charge is 0.392 e. The maximum atomic E-state index is 12.0. The summed E-state index contributed by atoms with van der Waals surface area (Å²) in [5.41, 5.74) is -0.0274. The lowest BCUT2D eigenvalue weighted by Gasteiger charge is -2.49. The number of pyridine rings is 1. The molecule has 2 N–H and O–H groups in total. The summed E-state index contributed by atoms with van der Waals surface area (Å²) in [6.07, 6.45) is 0.166. The number of aliphatic hydroxyl groups is 1. The van der Waals surface area contributed by atoms with E-state index in [1.54, 1.807) is 0 Å². The van der Waals surface area contributed by atoms with Crippen molar-refractivity contribution >= 4 is 29.1 Å². The molecule has 0 spiro atoms. The molecule has 1 aromatic rings. The second-order valence-corrected chi connectivity index (χ2v) is 5.82. The summed E-state index contributed by atoms with van der Waals surface area (Å²) >= 11 is 11.5. The first kappa shape index (κ1) is 13.6. The first-order chi connectivity index (χ1) is 8.32. The Labute approximate surface area is 115 Å². The molecule has 2 rings (SSSR count). The fourth-order valence-corrected chi connectivity index (χ4v) is 2.40. The Hall–Kier alpha value is -0.840. The Morgan fingerprint density at radius 2 is 2.17 bits per heavy atom. The number of aliphatic hydroxyl groups excluding tert-OH is 1. The van der Waals surface area contributed by atoms with Crippen LogP contribution in [0.3, 0.4) is 0 Å². The lowest BCUT2D eigenvalue weighted by Crippen LogP contribution is -2.61. The molecular weight excluding hydrogens is 275 g/mol. The van der Waals surface area contributed by atoms with Gasteiger partial charge in [-0.3, -0.25) is 4.79 Å². The molecule has 1 aliphatic rings. The van der Waals surface area contributed by atoms with E-state index in [9.17, 15) is 9.90 Å². The number of halogens is 2. The number of nitrogens with zero attached hydrogens (tertiary/aromatic N) is 1. The topological polar surface area (TPSA) is 62.2 Å². The van der Waals surface area contributed by atoms with Crippen molar-refractivity contribution in [1.29, 1.82) is 0 Å². The number of hydrogen-bond acceptors (Lipinski definition) is 3. The highest BCUT2D eigenvalue weighted by Crippen LogP contribution is 2.40. The third-order valence-electron chi connectivity index (χ3n) is 3.58. The van der Waals surface area contributed by atoms with Gasteiger partial charge in [-0.05, 0) is 18.6 Å². The first-order valence-electron chi connectivity index (χ1n) is 5.63. The van der Waals surface area contributed by atoms with E-state index in [4.69, 9.17) is 23.2 Å². The summed E-state index contributed by atoms with van der Waals surface area (Å²) in [6.45, 7) is 3.82. The molecule has 1 heterocycles. The smallest absolute Gasteiger partial charge is 0.254 e. The highest BCUT2D eigenvalue weighted by atomic mass is 35.5. The molecule has 0 aromatic carbocycles. The molecule has 1 fully saturated rings. The Kier molecular flexibility index (Phi) is 3.54. The van der Waals surface area contributed by atoms with Crippen LogP contribution in [0.5, 0.6) is 0 Å². The zero-order valence-electron chi connectivity index (χ0n) is 10.1. The van der Waals surface area contributed by atoms with Crippen LogP contribution in [0.2, 0.25) is 10.3 Å². The predicted octanol–water partition coefficient (Wildman–Crippen LogP) is 2.28. The molecule has 0 aliphatic heterocycles. The minimum atomic E-state index is -0.387. The zero-order valence-corrected chi connectivity index (χ0v) is 11.6. The zero-order chi connectivity index (χ0) is 13.5. The molecular formula is C12H14Cl2N2O2. The van der Waals surface area contributed by atoms with Gasteiger partial charge in [0, 0.05) is 11.5 Å². The van der Waals surface area contributed by atoms with Crippen LogP contribution < -0.4 is 5.32 Å². The molecule has 18 heavy (non-hydrogen) atoms. The van der Waals surface area contributed by atoms with Crippen molar-refractivity contribution in [2.24, 2.45) is 5.41 Å². The third-order valence-corrected chi connectivity index (χ3v) is 4.08. The Morgan fingerprint density at radius 3 is 2.67 bits per heavy atom. The van der Waals surface area contributed by atoms with Crippen LogP contribution in [-0.2, 0) is 0 Å². The van der Waals surface area contributed by atoms with Gasteiger partial charge in [-0.25, -0.2) is 4.98 Å². The Balaban J connectivity index is 2.09. The average molecular weight is 289 g/mol. The summed E-state index contributed by atoms with van der Waals surface area (Å²) in [7, 11) is 0. The van der Waals surface area contributed by atoms with Gasteiger partial charge in [0.2, 0.25) is 0 Å². The SMILES string of the molecule is CC1(C)C(O)CC1NC(=O)c1ccc(Cl)nc1Cl. The van der Waals surface area contributed by atoms with Crippen LogP contribution in [0.4, 0.5) is 0 Å². The first-order valence-corrected chi connectivity index (χ1v) is 6.39. The van der Waals surface area contributed by atoms with Crippen LogP contribution in [0.1, 0.15) is 30.6 Å². The predicted molar refractivity (Wildman–Crippen MR) is 69.9 cm³/mol. The molecule has 1 saturated carbocycles. The van der Waals surface area contributed by atoms with Gasteiger partial charge < -0.3 is 10.4 Å². The van der Waals surface area contributed by atoms with E-state index in [1.807, 2.05) is 13.8 Å². The van der Waals surface area contributed by atoms with Crippen LogP contribution in [0.15, 0.2) is 12.1 Å². The maximum absolute atomic E-state index is 12.0. The van der Waals surface area contributed by atoms with E-state index in [0.717, 1.165) is 0 Å². The van der Waals surface area contributed by atoms with E-state index in [0.29, 0.717) is 12.0 Å². The number of nitrogens with one attached hydrogen (secondary N) is 1. The van der Waals surface area contributed by atoms with Gasteiger partial charge in [0.25, 0.3) is 5.91 Å². The Bertz CT molecular complexity index is 491. The van der Waals surface area contributed by atoms with Gasteiger partial charge in [0.1, 0.15) is 10.3 Å². The fraction of sp³-hybridized carbons (Fsp3) is 0.500. The van der Waals surface area contributed by atoms with Crippen molar-refractivity contribution in [3.05, 3.63) is 28.0 Å². The summed E-state index contributed by atoms with van der Waals surface area (Å²) in [5.74, 6) is -0.297. The number of aromatic nitrogens is 1. The van der Waals surface area contributed by atoms with Crippen LogP contribution in [0.25, 0.3) is 0 Å². The number of carbonyl (C=O) groups is 1. The van der Waals surface area contributed by atoms with E-state index >= 15 is 0 Å². The van der Waals surface area contributed by atoms with Crippen molar-refractivity contribution in [3.63, 3.8) is 0 Å². The molecule has 6 heteroatoms. The quantitative estimate of drug-likeness (QED) is 0.821. The number of rotatable bonds is 2. The normalized spacial score (nSPS) is 25.4. The summed E-state index contributed by atoms with van der Waals surface area (Å²) < 4.78 is 0. The highest BCUT2D eigenvalue weighted by Gasteiger charge is 2.48. The fourth-order valence-electron chi connectivity index (χ4n) is 1.96. The van der Waals surface area contributed by atoms with E-state index < -0.39 is 0 Å². The second kappa shape index (κ2) is 4.68. The van der Waals surface area contributed by atoms with E-state index in [1.165, 1.54) is 12.1 Å². The van der Waals surface area contributed by atoms with Gasteiger partial charge in [-0.2, -0.15) is 0 Å². The van der Waals surface area contributed by atoms with E-state index in [-0.39, 0.29) is 33.8 Å². The van der Waals surface area contributed by atoms with Crippen LogP contribution in [-0.4, -0.2) is 28.1 Å². The highest BCUT2D eigenvalue weighted by molar-refractivity contribution is 6.34. The van der Waals surface area contributed by atoms with Gasteiger partial charge in [0.15, 0.2) is 0 Å². The molecule has 0 radical (unpaired) electrons. The molecule has 1 aromatic heterocycles. The minimum absolute atomic E-state index is 0.0632. The molecule has 1 amide bonds. The summed E-state index contributed by atoms with van der Waals surface area (Å²) in [4.78, 5) is 15.8. The molecule has 0 saturated heterocycles. The molecule has 1 aliphatic carbocycles. The number of hydrogen-bond donors (Lipinski definition) is 2. The molecule has 0 bridgehead atoms. The van der Waals surface area contributed by atoms with Crippen LogP contribution >= 0.6 is 23.2 Å². The van der Waals surface area contributed by atoms with Crippen molar-refractivity contribution in [3.8, 4) is 0 Å². The monoisotopic (exact) mass is 288 g/mol. The molecule has 2 atom stereocenters. The lowest BCUT2D eigenvalue weighted by atomic mass is 9.64. The summed E-state index contributed by atoms with van der Waals surface area (Å²) in [5, 5.41) is 12.8. The molecule has 98 valence electrons. The van der Waals surface area contributed by atoms with Gasteiger partial charge in [-0.15, -0.1) is 0 Å². The van der Waals surface area contributed by atoms with E-state index in [2.05, 4.69) is 10.3 Å². The van der Waals surface area contributed by atoms with Crippen molar-refractivity contribution < 1.29 is 9.90 Å². The van der Waals surface area contributed by atoms with Crippen molar-refractivity contribution in [2.45, 2.75) is 32.4 Å². The third kappa shape index (κ3) is 2.32. The van der Waals surface area contributed by atoms with Gasteiger partial charge in [0.05, 0.1) is 11.7 Å². The Morgan fingerprint density at radius 1 is 1.50 bits per heavy atom. The molecule has 4 nitrogen and oxygen atoms in total. The van der Waals surface area contributed by atoms with Crippen molar-refractivity contribution in [2.75, 3.05) is 0 Å². The average Bonchev–Trinajstić information content (AvgIpc) is 2.28. The summed E-state index contributed by atoms with van der Waals surface area (Å²) in [6, 6.07) is 2.99. The number of amides is 1. The standard InChI is InChI=1S/C12H14Cl2N2O2/c1-12(2)7(5-8(12)17)15-11(18)6-3-4-9(13)16-10(6)14/h3-4,7-8,17H,5H2,1-2H3,(H,15,18). The van der Waals surface area contributed by atoms with Crippen LogP contribution in [0, 0.1) is 5.41 Å². The second-order valence-electron chi connectivity index (χ2n) is 5.07. The maximum Gasteiger partial charge on any atom is 0.254 e.